The molecule has 1 atom stereocenters. The van der Waals surface area contributed by atoms with Crippen LogP contribution in [-0.4, -0.2) is 52.1 Å². The fraction of sp³-hybridized carbons (Fsp3) is 0.562. The Morgan fingerprint density at radius 2 is 2.04 bits per heavy atom. The SMILES string of the molecule is CCNC(=NCC(C)Oc1cccc(C)c1)NCCS(C)(=O)=O.I. The highest BCUT2D eigenvalue weighted by molar-refractivity contribution is 14.0. The molecule has 0 spiro atoms. The van der Waals surface area contributed by atoms with Crippen molar-refractivity contribution < 1.29 is 13.2 Å². The summed E-state index contributed by atoms with van der Waals surface area (Å²) in [6.45, 7) is 7.44. The first-order chi connectivity index (χ1) is 10.8. The van der Waals surface area contributed by atoms with Crippen molar-refractivity contribution in [1.29, 1.82) is 0 Å². The number of ether oxygens (including phenoxy) is 1. The number of hydrogen-bond acceptors (Lipinski definition) is 4. The zero-order chi connectivity index (χ0) is 17.3. The van der Waals surface area contributed by atoms with Gasteiger partial charge in [0, 0.05) is 19.3 Å². The molecule has 1 rings (SSSR count). The molecule has 0 aliphatic rings. The maximum absolute atomic E-state index is 11.1. The van der Waals surface area contributed by atoms with Gasteiger partial charge in [-0.15, -0.1) is 24.0 Å². The van der Waals surface area contributed by atoms with Crippen molar-refractivity contribution in [1.82, 2.24) is 10.6 Å². The molecule has 8 heteroatoms. The molecule has 1 aromatic carbocycles. The van der Waals surface area contributed by atoms with Crippen LogP contribution in [0, 0.1) is 6.92 Å². The molecule has 0 saturated carbocycles. The fourth-order valence-corrected chi connectivity index (χ4v) is 2.35. The van der Waals surface area contributed by atoms with E-state index < -0.39 is 9.84 Å². The minimum atomic E-state index is -2.98. The summed E-state index contributed by atoms with van der Waals surface area (Å²) in [4.78, 5) is 4.43. The second kappa shape index (κ2) is 11.5. The Morgan fingerprint density at radius 1 is 1.33 bits per heavy atom. The van der Waals surface area contributed by atoms with E-state index in [1.165, 1.54) is 6.26 Å². The minimum Gasteiger partial charge on any atom is -0.489 e. The molecule has 0 saturated heterocycles. The summed E-state index contributed by atoms with van der Waals surface area (Å²) < 4.78 is 28.1. The van der Waals surface area contributed by atoms with Crippen LogP contribution in [0.3, 0.4) is 0 Å². The zero-order valence-electron chi connectivity index (χ0n) is 14.7. The number of rotatable bonds is 8. The average molecular weight is 469 g/mol. The molecule has 6 nitrogen and oxygen atoms in total. The van der Waals surface area contributed by atoms with Gasteiger partial charge in [-0.05, 0) is 38.5 Å². The summed E-state index contributed by atoms with van der Waals surface area (Å²) in [6, 6.07) is 7.88. The van der Waals surface area contributed by atoms with Crippen molar-refractivity contribution in [2.45, 2.75) is 26.9 Å². The molecular weight excluding hydrogens is 441 g/mol. The Labute approximate surface area is 162 Å². The zero-order valence-corrected chi connectivity index (χ0v) is 17.9. The standard InChI is InChI=1S/C16H27N3O3S.HI/c1-5-17-16(18-9-10-23(4,20)21)19-12-14(3)22-15-8-6-7-13(2)11-15;/h6-8,11,14H,5,9-10,12H2,1-4H3,(H2,17,18,19);1H. The van der Waals surface area contributed by atoms with Gasteiger partial charge in [0.25, 0.3) is 0 Å². The second-order valence-corrected chi connectivity index (χ2v) is 7.78. The molecule has 0 heterocycles. The lowest BCUT2D eigenvalue weighted by Crippen LogP contribution is -2.40. The number of aliphatic imine (C=N–C) groups is 1. The van der Waals surface area contributed by atoms with E-state index in [1.807, 2.05) is 45.0 Å². The number of halogens is 1. The van der Waals surface area contributed by atoms with Gasteiger partial charge in [-0.25, -0.2) is 13.4 Å². The highest BCUT2D eigenvalue weighted by Crippen LogP contribution is 2.14. The number of nitrogens with zero attached hydrogens (tertiary/aromatic N) is 1. The lowest BCUT2D eigenvalue weighted by atomic mass is 10.2. The van der Waals surface area contributed by atoms with E-state index in [0.29, 0.717) is 25.6 Å². The van der Waals surface area contributed by atoms with E-state index in [-0.39, 0.29) is 35.8 Å². The minimum absolute atomic E-state index is 0. The molecule has 0 aliphatic heterocycles. The van der Waals surface area contributed by atoms with Crippen LogP contribution < -0.4 is 15.4 Å². The van der Waals surface area contributed by atoms with Crippen molar-refractivity contribution in [3.05, 3.63) is 29.8 Å². The van der Waals surface area contributed by atoms with E-state index in [9.17, 15) is 8.42 Å². The number of aryl methyl sites for hydroxylation is 1. The summed E-state index contributed by atoms with van der Waals surface area (Å²) in [7, 11) is -2.98. The van der Waals surface area contributed by atoms with E-state index in [4.69, 9.17) is 4.74 Å². The largest absolute Gasteiger partial charge is 0.489 e. The van der Waals surface area contributed by atoms with Gasteiger partial charge >= 0.3 is 0 Å². The smallest absolute Gasteiger partial charge is 0.191 e. The van der Waals surface area contributed by atoms with Gasteiger partial charge in [0.2, 0.25) is 0 Å². The van der Waals surface area contributed by atoms with Crippen LogP contribution in [0.4, 0.5) is 0 Å². The van der Waals surface area contributed by atoms with Gasteiger partial charge < -0.3 is 15.4 Å². The molecule has 138 valence electrons. The topological polar surface area (TPSA) is 79.8 Å². The second-order valence-electron chi connectivity index (χ2n) is 5.52. The van der Waals surface area contributed by atoms with Crippen LogP contribution in [0.5, 0.6) is 5.75 Å². The Bertz CT molecular complexity index is 621. The Hall–Kier alpha value is -1.03. The van der Waals surface area contributed by atoms with E-state index in [1.54, 1.807) is 0 Å². The summed E-state index contributed by atoms with van der Waals surface area (Å²) in [5, 5.41) is 6.10. The van der Waals surface area contributed by atoms with Gasteiger partial charge in [-0.3, -0.25) is 0 Å². The first-order valence-electron chi connectivity index (χ1n) is 7.73. The van der Waals surface area contributed by atoms with E-state index in [2.05, 4.69) is 15.6 Å². The predicted octanol–water partition coefficient (Wildman–Crippen LogP) is 1.98. The quantitative estimate of drug-likeness (QED) is 0.346. The van der Waals surface area contributed by atoms with Crippen LogP contribution >= 0.6 is 24.0 Å². The molecule has 0 fully saturated rings. The van der Waals surface area contributed by atoms with Gasteiger partial charge in [0.05, 0.1) is 12.3 Å². The number of nitrogens with one attached hydrogen (secondary N) is 2. The predicted molar refractivity (Wildman–Crippen MR) is 110 cm³/mol. The molecule has 0 aliphatic carbocycles. The highest BCUT2D eigenvalue weighted by Gasteiger charge is 2.06. The third-order valence-corrected chi connectivity index (χ3v) is 3.89. The monoisotopic (exact) mass is 469 g/mol. The maximum Gasteiger partial charge on any atom is 0.191 e. The van der Waals surface area contributed by atoms with Crippen LogP contribution in [0.1, 0.15) is 19.4 Å². The van der Waals surface area contributed by atoms with Crippen LogP contribution in [0.15, 0.2) is 29.3 Å². The molecule has 24 heavy (non-hydrogen) atoms. The number of sulfone groups is 1. The molecule has 0 amide bonds. The molecule has 0 bridgehead atoms. The fourth-order valence-electron chi connectivity index (χ4n) is 1.87. The van der Waals surface area contributed by atoms with Crippen LogP contribution in [0.2, 0.25) is 0 Å². The van der Waals surface area contributed by atoms with Crippen LogP contribution in [-0.2, 0) is 9.84 Å². The van der Waals surface area contributed by atoms with Crippen molar-refractivity contribution in [3.8, 4) is 5.75 Å². The lowest BCUT2D eigenvalue weighted by molar-refractivity contribution is 0.230. The Morgan fingerprint density at radius 3 is 2.62 bits per heavy atom. The third kappa shape index (κ3) is 10.7. The molecule has 1 aromatic rings. The van der Waals surface area contributed by atoms with Gasteiger partial charge in [0.1, 0.15) is 21.7 Å². The summed E-state index contributed by atoms with van der Waals surface area (Å²) in [5.41, 5.74) is 1.15. The van der Waals surface area contributed by atoms with Gasteiger partial charge in [-0.2, -0.15) is 0 Å². The van der Waals surface area contributed by atoms with Crippen molar-refractivity contribution in [2.24, 2.45) is 4.99 Å². The lowest BCUT2D eigenvalue weighted by Gasteiger charge is -2.15. The molecule has 1 unspecified atom stereocenters. The van der Waals surface area contributed by atoms with Gasteiger partial charge in [0.15, 0.2) is 5.96 Å². The molecular formula is C16H28IN3O3S. The first kappa shape index (κ1) is 23.0. The van der Waals surface area contributed by atoms with Gasteiger partial charge in [-0.1, -0.05) is 12.1 Å². The Kier molecular flexibility index (Phi) is 11.0. The molecule has 0 aromatic heterocycles. The van der Waals surface area contributed by atoms with Crippen molar-refractivity contribution in [2.75, 3.05) is 31.6 Å². The summed E-state index contributed by atoms with van der Waals surface area (Å²) in [6.07, 6.45) is 1.14. The Balaban J connectivity index is 0.00000529. The van der Waals surface area contributed by atoms with Crippen LogP contribution in [0.25, 0.3) is 0 Å². The summed E-state index contributed by atoms with van der Waals surface area (Å²) in [5.74, 6) is 1.49. The first-order valence-corrected chi connectivity index (χ1v) is 9.79. The summed E-state index contributed by atoms with van der Waals surface area (Å²) >= 11 is 0. The average Bonchev–Trinajstić information content (AvgIpc) is 2.43. The van der Waals surface area contributed by atoms with Crippen molar-refractivity contribution in [3.63, 3.8) is 0 Å². The highest BCUT2D eigenvalue weighted by atomic mass is 127. The number of guanidine groups is 1. The van der Waals surface area contributed by atoms with E-state index in [0.717, 1.165) is 11.3 Å². The molecule has 0 radical (unpaired) electrons. The van der Waals surface area contributed by atoms with Crippen molar-refractivity contribution >= 4 is 39.8 Å². The normalized spacial score (nSPS) is 12.9. The maximum atomic E-state index is 11.1. The number of hydrogen-bond donors (Lipinski definition) is 2. The molecule has 2 N–H and O–H groups in total. The van der Waals surface area contributed by atoms with E-state index >= 15 is 0 Å². The third-order valence-electron chi connectivity index (χ3n) is 2.94. The number of benzene rings is 1.